The van der Waals surface area contributed by atoms with Gasteiger partial charge in [-0.25, -0.2) is 0 Å². The highest BCUT2D eigenvalue weighted by Crippen LogP contribution is 2.09. The molecule has 2 unspecified atom stereocenters. The zero-order chi connectivity index (χ0) is 17.2. The van der Waals surface area contributed by atoms with E-state index in [-0.39, 0.29) is 12.2 Å². The van der Waals surface area contributed by atoms with Crippen LogP contribution in [0.25, 0.3) is 0 Å². The molecule has 4 N–H and O–H groups in total. The van der Waals surface area contributed by atoms with Crippen LogP contribution in [0.4, 0.5) is 0 Å². The van der Waals surface area contributed by atoms with E-state index in [0.717, 1.165) is 12.8 Å². The SMILES string of the molecule is CC(O)CNCC(C)O.CCCCCCCCCCC(=O)O. The highest BCUT2D eigenvalue weighted by molar-refractivity contribution is 5.66. The largest absolute Gasteiger partial charge is 0.481 e. The van der Waals surface area contributed by atoms with Crippen LogP contribution in [0.2, 0.25) is 0 Å². The second kappa shape index (κ2) is 18.4. The maximum atomic E-state index is 10.2. The molecule has 0 spiro atoms. The van der Waals surface area contributed by atoms with Crippen LogP contribution in [0.3, 0.4) is 0 Å². The number of aliphatic carboxylic acids is 1. The molecule has 0 aliphatic carbocycles. The predicted molar refractivity (Wildman–Crippen MR) is 91.1 cm³/mol. The summed E-state index contributed by atoms with van der Waals surface area (Å²) in [5.74, 6) is -0.661. The van der Waals surface area contributed by atoms with E-state index in [1.54, 1.807) is 13.8 Å². The Hall–Kier alpha value is -0.650. The Bertz CT molecular complexity index is 225. The zero-order valence-corrected chi connectivity index (χ0v) is 14.7. The van der Waals surface area contributed by atoms with Crippen LogP contribution >= 0.6 is 0 Å². The summed E-state index contributed by atoms with van der Waals surface area (Å²) in [7, 11) is 0. The third kappa shape index (κ3) is 27.7. The molecule has 0 aromatic heterocycles. The zero-order valence-electron chi connectivity index (χ0n) is 14.7. The molecule has 0 aromatic rings. The van der Waals surface area contributed by atoms with Gasteiger partial charge in [0.1, 0.15) is 0 Å². The van der Waals surface area contributed by atoms with Crippen molar-refractivity contribution in [3.05, 3.63) is 0 Å². The number of aliphatic hydroxyl groups excluding tert-OH is 2. The van der Waals surface area contributed by atoms with Gasteiger partial charge < -0.3 is 20.6 Å². The first-order valence-corrected chi connectivity index (χ1v) is 8.68. The molecule has 2 atom stereocenters. The van der Waals surface area contributed by atoms with Gasteiger partial charge >= 0.3 is 5.97 Å². The fourth-order valence-corrected chi connectivity index (χ4v) is 1.91. The third-order valence-corrected chi connectivity index (χ3v) is 3.12. The van der Waals surface area contributed by atoms with Crippen LogP contribution in [0.5, 0.6) is 0 Å². The van der Waals surface area contributed by atoms with Crippen molar-refractivity contribution in [1.29, 1.82) is 0 Å². The number of hydrogen-bond acceptors (Lipinski definition) is 4. The van der Waals surface area contributed by atoms with E-state index in [1.165, 1.54) is 38.5 Å². The molecule has 5 nitrogen and oxygen atoms in total. The summed E-state index contributed by atoms with van der Waals surface area (Å²) in [5, 5.41) is 28.7. The van der Waals surface area contributed by atoms with Crippen molar-refractivity contribution in [3.8, 4) is 0 Å². The smallest absolute Gasteiger partial charge is 0.303 e. The molecule has 0 heterocycles. The van der Waals surface area contributed by atoms with E-state index in [1.807, 2.05) is 0 Å². The van der Waals surface area contributed by atoms with Crippen molar-refractivity contribution in [2.24, 2.45) is 0 Å². The lowest BCUT2D eigenvalue weighted by Gasteiger charge is -2.07. The van der Waals surface area contributed by atoms with E-state index in [0.29, 0.717) is 19.5 Å². The van der Waals surface area contributed by atoms with Gasteiger partial charge in [-0.05, 0) is 20.3 Å². The van der Waals surface area contributed by atoms with Gasteiger partial charge in [0.2, 0.25) is 0 Å². The van der Waals surface area contributed by atoms with Gasteiger partial charge in [-0.2, -0.15) is 0 Å². The van der Waals surface area contributed by atoms with Crippen molar-refractivity contribution < 1.29 is 20.1 Å². The molecule has 0 radical (unpaired) electrons. The Morgan fingerprint density at radius 1 is 0.864 bits per heavy atom. The van der Waals surface area contributed by atoms with E-state index in [2.05, 4.69) is 12.2 Å². The highest BCUT2D eigenvalue weighted by atomic mass is 16.4. The molecule has 22 heavy (non-hydrogen) atoms. The second-order valence-electron chi connectivity index (χ2n) is 5.97. The van der Waals surface area contributed by atoms with Crippen LogP contribution in [0, 0.1) is 0 Å². The standard InChI is InChI=1S/C11H22O2.C6H15NO2/c1-2-3-4-5-6-7-8-9-10-11(12)13;1-5(8)3-7-4-6(2)9/h2-10H2,1H3,(H,12,13);5-9H,3-4H2,1-2H3. The third-order valence-electron chi connectivity index (χ3n) is 3.12. The molecule has 5 heteroatoms. The molecule has 0 bridgehead atoms. The average molecular weight is 319 g/mol. The quantitative estimate of drug-likeness (QED) is 0.392. The molecular weight excluding hydrogens is 282 g/mol. The summed E-state index contributed by atoms with van der Waals surface area (Å²) in [6.07, 6.45) is 9.39. The normalized spacial score (nSPS) is 13.1. The van der Waals surface area contributed by atoms with Gasteiger partial charge in [-0.15, -0.1) is 0 Å². The number of unbranched alkanes of at least 4 members (excludes halogenated alkanes) is 7. The lowest BCUT2D eigenvalue weighted by atomic mass is 10.1. The summed E-state index contributed by atoms with van der Waals surface area (Å²) >= 11 is 0. The molecule has 0 aromatic carbocycles. The lowest BCUT2D eigenvalue weighted by Crippen LogP contribution is -2.30. The van der Waals surface area contributed by atoms with E-state index in [9.17, 15) is 4.79 Å². The summed E-state index contributed by atoms with van der Waals surface area (Å²) in [5.41, 5.74) is 0. The number of hydrogen-bond donors (Lipinski definition) is 4. The monoisotopic (exact) mass is 319 g/mol. The number of carbonyl (C=O) groups is 1. The number of nitrogens with one attached hydrogen (secondary N) is 1. The summed E-state index contributed by atoms with van der Waals surface area (Å²) in [6.45, 7) is 6.72. The number of carboxylic acids is 1. The first-order chi connectivity index (χ1) is 10.4. The first kappa shape index (κ1) is 23.6. The van der Waals surface area contributed by atoms with Crippen LogP contribution in [-0.4, -0.2) is 46.6 Å². The van der Waals surface area contributed by atoms with E-state index in [4.69, 9.17) is 15.3 Å². The molecule has 0 amide bonds. The maximum Gasteiger partial charge on any atom is 0.303 e. The molecule has 0 aliphatic rings. The van der Waals surface area contributed by atoms with E-state index >= 15 is 0 Å². The van der Waals surface area contributed by atoms with Gasteiger partial charge in [0.05, 0.1) is 12.2 Å². The predicted octanol–water partition coefficient (Wildman–Crippen LogP) is 2.94. The van der Waals surface area contributed by atoms with Crippen molar-refractivity contribution >= 4 is 5.97 Å². The summed E-state index contributed by atoms with van der Waals surface area (Å²) in [4.78, 5) is 10.2. The Balaban J connectivity index is 0. The Morgan fingerprint density at radius 2 is 1.27 bits per heavy atom. The van der Waals surface area contributed by atoms with Crippen LogP contribution in [0.15, 0.2) is 0 Å². The fraction of sp³-hybridized carbons (Fsp3) is 0.941. The Labute approximate surface area is 136 Å². The number of carboxylic acid groups (broad SMARTS) is 1. The minimum atomic E-state index is -0.661. The van der Waals surface area contributed by atoms with Crippen molar-refractivity contribution in [1.82, 2.24) is 5.32 Å². The fourth-order valence-electron chi connectivity index (χ4n) is 1.91. The molecule has 0 fully saturated rings. The Morgan fingerprint density at radius 3 is 1.64 bits per heavy atom. The average Bonchev–Trinajstić information content (AvgIpc) is 2.41. The summed E-state index contributed by atoms with van der Waals surface area (Å²) < 4.78 is 0. The minimum Gasteiger partial charge on any atom is -0.481 e. The molecular formula is C17H37NO4. The van der Waals surface area contributed by atoms with Crippen molar-refractivity contribution in [2.45, 2.75) is 90.8 Å². The first-order valence-electron chi connectivity index (χ1n) is 8.68. The van der Waals surface area contributed by atoms with E-state index < -0.39 is 5.97 Å². The van der Waals surface area contributed by atoms with Gasteiger partial charge in [0, 0.05) is 19.5 Å². The molecule has 0 rings (SSSR count). The van der Waals surface area contributed by atoms with Gasteiger partial charge in [-0.1, -0.05) is 51.9 Å². The van der Waals surface area contributed by atoms with Gasteiger partial charge in [-0.3, -0.25) is 4.79 Å². The highest BCUT2D eigenvalue weighted by Gasteiger charge is 1.96. The lowest BCUT2D eigenvalue weighted by molar-refractivity contribution is -0.137. The number of aliphatic hydroxyl groups is 2. The Kier molecular flexibility index (Phi) is 19.7. The maximum absolute atomic E-state index is 10.2. The molecule has 0 aliphatic heterocycles. The van der Waals surface area contributed by atoms with Crippen molar-refractivity contribution in [2.75, 3.05) is 13.1 Å². The van der Waals surface area contributed by atoms with Gasteiger partial charge in [0.15, 0.2) is 0 Å². The minimum absolute atomic E-state index is 0.330. The van der Waals surface area contributed by atoms with Crippen molar-refractivity contribution in [3.63, 3.8) is 0 Å². The summed E-state index contributed by atoms with van der Waals surface area (Å²) in [6, 6.07) is 0. The van der Waals surface area contributed by atoms with Crippen LogP contribution < -0.4 is 5.32 Å². The molecule has 0 saturated heterocycles. The topological polar surface area (TPSA) is 89.8 Å². The molecule has 134 valence electrons. The van der Waals surface area contributed by atoms with Gasteiger partial charge in [0.25, 0.3) is 0 Å². The second-order valence-corrected chi connectivity index (χ2v) is 5.97. The van der Waals surface area contributed by atoms with Crippen LogP contribution in [-0.2, 0) is 4.79 Å². The molecule has 0 saturated carbocycles. The number of rotatable bonds is 13. The van der Waals surface area contributed by atoms with Crippen LogP contribution in [0.1, 0.15) is 78.6 Å².